The predicted octanol–water partition coefficient (Wildman–Crippen LogP) is 4.15. The van der Waals surface area contributed by atoms with Gasteiger partial charge in [-0.3, -0.25) is 14.4 Å². The Labute approximate surface area is 250 Å². The van der Waals surface area contributed by atoms with Crippen LogP contribution < -0.4 is 4.73 Å². The van der Waals surface area contributed by atoms with E-state index in [4.69, 9.17) is 27.9 Å². The first-order valence-corrected chi connectivity index (χ1v) is 14.0. The highest BCUT2D eigenvalue weighted by Gasteiger charge is 2.57. The van der Waals surface area contributed by atoms with Crippen molar-refractivity contribution < 1.29 is 28.9 Å². The Bertz CT molecular complexity index is 1710. The maximum atomic E-state index is 16.6. The number of rotatable bonds is 8. The Balaban J connectivity index is 1.57. The maximum Gasteiger partial charge on any atom is 0.257 e. The minimum absolute atomic E-state index is 0.0571. The highest BCUT2D eigenvalue weighted by atomic mass is 35.5. The van der Waals surface area contributed by atoms with Gasteiger partial charge >= 0.3 is 0 Å². The lowest BCUT2D eigenvalue weighted by atomic mass is 9.85. The number of ether oxygens (including phenoxy) is 1. The quantitative estimate of drug-likeness (QED) is 0.228. The number of aliphatic hydroxyl groups is 2. The number of aromatic nitrogens is 3. The maximum absolute atomic E-state index is 16.6. The summed E-state index contributed by atoms with van der Waals surface area (Å²) < 4.78 is 25.0. The Kier molecular flexibility index (Phi) is 6.82. The van der Waals surface area contributed by atoms with E-state index in [1.165, 1.54) is 47.0 Å². The van der Waals surface area contributed by atoms with Gasteiger partial charge in [-0.05, 0) is 55.7 Å². The van der Waals surface area contributed by atoms with Crippen LogP contribution >= 0.6 is 23.2 Å². The van der Waals surface area contributed by atoms with Crippen LogP contribution in [0.5, 0.6) is 0 Å². The molecular formula is C30H27Cl2FN4O5. The average Bonchev–Trinajstić information content (AvgIpc) is 3.42. The zero-order valence-electron chi connectivity index (χ0n) is 22.7. The number of carbonyl (C=O) groups is 1. The van der Waals surface area contributed by atoms with Crippen molar-refractivity contribution in [3.05, 3.63) is 122 Å². The molecule has 0 bridgehead atoms. The first-order chi connectivity index (χ1) is 19.8. The number of carbonyl (C=O) groups excluding carboxylic acids is 1. The second-order valence-electron chi connectivity index (χ2n) is 11.1. The molecule has 2 N–H and O–H groups in total. The summed E-state index contributed by atoms with van der Waals surface area (Å²) in [6.45, 7) is 0.996. The van der Waals surface area contributed by atoms with Gasteiger partial charge in [0.1, 0.15) is 23.0 Å². The average molecular weight is 613 g/mol. The van der Waals surface area contributed by atoms with Crippen molar-refractivity contribution in [3.63, 3.8) is 0 Å². The van der Waals surface area contributed by atoms with Gasteiger partial charge in [-0.2, -0.15) is 9.83 Å². The molecule has 42 heavy (non-hydrogen) atoms. The number of fused-ring (bicyclic) bond motifs is 1. The third-order valence-electron chi connectivity index (χ3n) is 8.00. The van der Waals surface area contributed by atoms with Gasteiger partial charge in [0.05, 0.1) is 29.5 Å². The minimum Gasteiger partial charge on any atom is -0.618 e. The van der Waals surface area contributed by atoms with Gasteiger partial charge in [-0.1, -0.05) is 35.3 Å². The summed E-state index contributed by atoms with van der Waals surface area (Å²) in [7, 11) is 1.69. The van der Waals surface area contributed by atoms with E-state index >= 15 is 4.39 Å². The second kappa shape index (κ2) is 10.0. The summed E-state index contributed by atoms with van der Waals surface area (Å²) in [6, 6.07) is 12.0. The molecule has 0 saturated heterocycles. The number of halogens is 3. The number of aryl methyl sites for hydroxylation is 1. The smallest absolute Gasteiger partial charge is 0.257 e. The summed E-state index contributed by atoms with van der Waals surface area (Å²) in [5.41, 5.74) is -3.83. The fraction of sp³-hybridized carbons (Fsp3) is 0.300. The summed E-state index contributed by atoms with van der Waals surface area (Å²) in [4.78, 5) is 15.6. The van der Waals surface area contributed by atoms with Gasteiger partial charge in [0, 0.05) is 35.5 Å². The molecule has 0 radical (unpaired) electrons. The fourth-order valence-electron chi connectivity index (χ4n) is 5.35. The summed E-state index contributed by atoms with van der Waals surface area (Å²) >= 11 is 12.2. The second-order valence-corrected chi connectivity index (χ2v) is 11.9. The Morgan fingerprint density at radius 1 is 1.14 bits per heavy atom. The van der Waals surface area contributed by atoms with Crippen LogP contribution in [-0.4, -0.2) is 43.0 Å². The number of amides is 1. The van der Waals surface area contributed by atoms with Crippen LogP contribution in [0.25, 0.3) is 0 Å². The van der Waals surface area contributed by atoms with Gasteiger partial charge in [0.25, 0.3) is 5.91 Å². The van der Waals surface area contributed by atoms with Crippen molar-refractivity contribution in [2.45, 2.75) is 43.2 Å². The molecule has 1 saturated carbocycles. The summed E-state index contributed by atoms with van der Waals surface area (Å²) in [5, 5.41) is 39.8. The standard InChI is InChI=1S/C30H27Cl2FN4O5/c1-28(39,20-13-34-35(2)14-20)19-11-24-26(25(33)12-19)30(42-17-29(40)9-10-29,18-3-5-21(31)6-4-18)36(27(24)38)16-23-8-7-22(32)15-37(23)41/h3-8,11-15,39-40H,9-10,16-17H2,1-2H3/t28?,30-/m1/s1. The number of nitrogens with zero attached hydrogens (tertiary/aromatic N) is 4. The van der Waals surface area contributed by atoms with Crippen molar-refractivity contribution in [2.75, 3.05) is 6.61 Å². The largest absolute Gasteiger partial charge is 0.618 e. The van der Waals surface area contributed by atoms with Crippen LogP contribution in [0, 0.1) is 11.0 Å². The van der Waals surface area contributed by atoms with E-state index in [0.717, 1.165) is 6.20 Å². The van der Waals surface area contributed by atoms with Gasteiger partial charge < -0.3 is 20.2 Å². The van der Waals surface area contributed by atoms with E-state index in [1.807, 2.05) is 0 Å². The molecule has 9 nitrogen and oxygen atoms in total. The Morgan fingerprint density at radius 2 is 1.83 bits per heavy atom. The number of hydrogen-bond donors (Lipinski definition) is 2. The van der Waals surface area contributed by atoms with E-state index in [9.17, 15) is 20.2 Å². The normalized spacial score (nSPS) is 20.5. The molecule has 6 rings (SSSR count). The molecule has 1 aliphatic heterocycles. The highest BCUT2D eigenvalue weighted by Crippen LogP contribution is 2.50. The van der Waals surface area contributed by atoms with Gasteiger partial charge in [0.2, 0.25) is 11.4 Å². The molecule has 218 valence electrons. The van der Waals surface area contributed by atoms with Crippen LogP contribution in [0.1, 0.15) is 58.1 Å². The van der Waals surface area contributed by atoms with Crippen molar-refractivity contribution in [1.29, 1.82) is 0 Å². The first kappa shape index (κ1) is 28.6. The monoisotopic (exact) mass is 612 g/mol. The lowest BCUT2D eigenvalue weighted by Gasteiger charge is -2.39. The van der Waals surface area contributed by atoms with Gasteiger partial charge in [-0.25, -0.2) is 4.39 Å². The number of benzene rings is 2. The third kappa shape index (κ3) is 4.73. The predicted molar refractivity (Wildman–Crippen MR) is 151 cm³/mol. The van der Waals surface area contributed by atoms with Crippen molar-refractivity contribution in [2.24, 2.45) is 7.05 Å². The lowest BCUT2D eigenvalue weighted by molar-refractivity contribution is -0.615. The number of pyridine rings is 1. The van der Waals surface area contributed by atoms with Crippen LogP contribution in [0.15, 0.2) is 67.1 Å². The molecule has 1 amide bonds. The summed E-state index contributed by atoms with van der Waals surface area (Å²) in [5.74, 6) is -1.45. The molecule has 12 heteroatoms. The summed E-state index contributed by atoms with van der Waals surface area (Å²) in [6.07, 6.45) is 5.19. The Hall–Kier alpha value is -3.54. The minimum atomic E-state index is -1.88. The molecule has 3 heterocycles. The van der Waals surface area contributed by atoms with Gasteiger partial charge in [-0.15, -0.1) is 0 Å². The van der Waals surface area contributed by atoms with Crippen molar-refractivity contribution in [1.82, 2.24) is 14.7 Å². The molecule has 2 aliphatic rings. The van der Waals surface area contributed by atoms with Crippen LogP contribution in [0.3, 0.4) is 0 Å². The number of hydrogen-bond acceptors (Lipinski definition) is 6. The molecule has 2 atom stereocenters. The van der Waals surface area contributed by atoms with E-state index in [-0.39, 0.29) is 40.6 Å². The molecular weight excluding hydrogens is 586 g/mol. The zero-order chi connectivity index (χ0) is 30.0. The van der Waals surface area contributed by atoms with E-state index in [1.54, 1.807) is 37.5 Å². The molecule has 0 spiro atoms. The Morgan fingerprint density at radius 3 is 2.45 bits per heavy atom. The third-order valence-corrected chi connectivity index (χ3v) is 8.48. The molecule has 2 aromatic carbocycles. The van der Waals surface area contributed by atoms with E-state index in [0.29, 0.717) is 33.7 Å². The molecule has 1 aliphatic carbocycles. The molecule has 1 fully saturated rings. The van der Waals surface area contributed by atoms with Crippen LogP contribution in [0.4, 0.5) is 4.39 Å². The van der Waals surface area contributed by atoms with Crippen molar-refractivity contribution in [3.8, 4) is 0 Å². The zero-order valence-corrected chi connectivity index (χ0v) is 24.2. The highest BCUT2D eigenvalue weighted by molar-refractivity contribution is 6.30. The van der Waals surface area contributed by atoms with Crippen LogP contribution in [-0.2, 0) is 29.7 Å². The fourth-order valence-corrected chi connectivity index (χ4v) is 5.63. The lowest BCUT2D eigenvalue weighted by Crippen LogP contribution is -2.50. The first-order valence-electron chi connectivity index (χ1n) is 13.2. The van der Waals surface area contributed by atoms with Crippen molar-refractivity contribution >= 4 is 29.1 Å². The van der Waals surface area contributed by atoms with Gasteiger partial charge in [0.15, 0.2) is 6.20 Å². The van der Waals surface area contributed by atoms with Crippen LogP contribution in [0.2, 0.25) is 10.0 Å². The molecule has 2 aromatic heterocycles. The molecule has 1 unspecified atom stereocenters. The van der Waals surface area contributed by atoms with E-state index < -0.39 is 28.7 Å². The SMILES string of the molecule is Cn1cc(C(C)(O)c2cc(F)c3c(c2)C(=O)N(Cc2ccc(Cl)c[n+]2[O-])[C@@]3(OCC2(O)CC2)c2ccc(Cl)cc2)cn1. The van der Waals surface area contributed by atoms with E-state index in [2.05, 4.69) is 5.10 Å². The topological polar surface area (TPSA) is 115 Å². The molecule has 4 aromatic rings.